The molecule has 7 nitrogen and oxygen atoms in total. The van der Waals surface area contributed by atoms with Crippen LogP contribution in [0.3, 0.4) is 0 Å². The Kier molecular flexibility index (Phi) is 5.47. The molecular formula is C22H20FN3O4. The Morgan fingerprint density at radius 3 is 2.70 bits per heavy atom. The van der Waals surface area contributed by atoms with Gasteiger partial charge in [-0.25, -0.2) is 9.37 Å². The monoisotopic (exact) mass is 409 g/mol. The third kappa shape index (κ3) is 4.17. The molecule has 0 radical (unpaired) electrons. The quantitative estimate of drug-likeness (QED) is 0.701. The molecular weight excluding hydrogens is 389 g/mol. The van der Waals surface area contributed by atoms with Crippen LogP contribution in [0.4, 0.5) is 10.1 Å². The minimum Gasteiger partial charge on any atom is -0.486 e. The number of aryl methyl sites for hydroxylation is 1. The minimum absolute atomic E-state index is 0.246. The second-order valence-electron chi connectivity index (χ2n) is 6.77. The average molecular weight is 409 g/mol. The zero-order valence-electron chi connectivity index (χ0n) is 16.4. The van der Waals surface area contributed by atoms with E-state index in [9.17, 15) is 14.0 Å². The third-order valence-corrected chi connectivity index (χ3v) is 4.63. The number of nitrogens with zero attached hydrogens (tertiary/aromatic N) is 2. The Balaban J connectivity index is 1.62. The number of halogens is 1. The molecule has 0 atom stereocenters. The van der Waals surface area contributed by atoms with Crippen molar-refractivity contribution in [2.24, 2.45) is 0 Å². The maximum atomic E-state index is 13.7. The van der Waals surface area contributed by atoms with Crippen LogP contribution in [0.2, 0.25) is 0 Å². The van der Waals surface area contributed by atoms with Crippen molar-refractivity contribution in [2.45, 2.75) is 19.9 Å². The average Bonchev–Trinajstić information content (AvgIpc) is 2.75. The lowest BCUT2D eigenvalue weighted by molar-refractivity contribution is -0.116. The molecule has 1 N–H and O–H groups in total. The number of amides is 1. The summed E-state index contributed by atoms with van der Waals surface area (Å²) in [5.74, 6) is 0.540. The predicted molar refractivity (Wildman–Crippen MR) is 109 cm³/mol. The van der Waals surface area contributed by atoms with Crippen molar-refractivity contribution in [1.82, 2.24) is 9.55 Å². The summed E-state index contributed by atoms with van der Waals surface area (Å²) in [4.78, 5) is 29.8. The number of carbonyl (C=O) groups excluding carboxylic acids is 1. The summed E-state index contributed by atoms with van der Waals surface area (Å²) in [7, 11) is 0. The molecule has 0 aliphatic carbocycles. The van der Waals surface area contributed by atoms with Crippen molar-refractivity contribution >= 4 is 11.6 Å². The van der Waals surface area contributed by atoms with Gasteiger partial charge in [0.15, 0.2) is 11.5 Å². The molecule has 0 fully saturated rings. The number of anilines is 1. The van der Waals surface area contributed by atoms with Crippen LogP contribution in [0.25, 0.3) is 11.4 Å². The predicted octanol–water partition coefficient (Wildman–Crippen LogP) is 3.02. The number of aromatic nitrogens is 2. The Hall–Kier alpha value is -3.68. The smallest absolute Gasteiger partial charge is 0.254 e. The van der Waals surface area contributed by atoms with E-state index in [4.69, 9.17) is 9.47 Å². The van der Waals surface area contributed by atoms with E-state index in [2.05, 4.69) is 10.3 Å². The summed E-state index contributed by atoms with van der Waals surface area (Å²) in [5, 5.41) is 2.75. The van der Waals surface area contributed by atoms with Crippen LogP contribution >= 0.6 is 0 Å². The molecule has 1 aliphatic rings. The van der Waals surface area contributed by atoms with Gasteiger partial charge in [-0.15, -0.1) is 0 Å². The van der Waals surface area contributed by atoms with Gasteiger partial charge in [-0.2, -0.15) is 0 Å². The SMILES string of the molecule is CCc1cc(=O)n(CC(=O)Nc2ccc3c(c2)OCCO3)c(-c2cccc(F)c2)n1. The molecule has 1 amide bonds. The molecule has 2 heterocycles. The molecule has 154 valence electrons. The molecule has 8 heteroatoms. The fourth-order valence-corrected chi connectivity index (χ4v) is 3.20. The molecule has 0 unspecified atom stereocenters. The van der Waals surface area contributed by atoms with Crippen molar-refractivity contribution in [3.05, 3.63) is 70.4 Å². The molecule has 0 saturated heterocycles. The van der Waals surface area contributed by atoms with E-state index in [1.165, 1.54) is 28.8 Å². The second kappa shape index (κ2) is 8.36. The molecule has 0 saturated carbocycles. The Labute approximate surface area is 172 Å². The highest BCUT2D eigenvalue weighted by molar-refractivity contribution is 5.91. The Bertz CT molecular complexity index is 1160. The van der Waals surface area contributed by atoms with Crippen LogP contribution in [-0.4, -0.2) is 28.7 Å². The van der Waals surface area contributed by atoms with Crippen LogP contribution in [0.5, 0.6) is 11.5 Å². The van der Waals surface area contributed by atoms with Crippen LogP contribution in [0, 0.1) is 5.82 Å². The summed E-state index contributed by atoms with van der Waals surface area (Å²) in [6.45, 7) is 2.52. The molecule has 0 spiro atoms. The Morgan fingerprint density at radius 1 is 1.13 bits per heavy atom. The highest BCUT2D eigenvalue weighted by atomic mass is 19.1. The van der Waals surface area contributed by atoms with Crippen molar-refractivity contribution in [3.8, 4) is 22.9 Å². The van der Waals surface area contributed by atoms with E-state index in [1.807, 2.05) is 6.92 Å². The standard InChI is InChI=1S/C22H20FN3O4/c1-2-16-12-21(28)26(22(25-16)14-4-3-5-15(23)10-14)13-20(27)24-17-6-7-18-19(11-17)30-9-8-29-18/h3-7,10-12H,2,8-9,13H2,1H3,(H,24,27). The van der Waals surface area contributed by atoms with Gasteiger partial charge in [0.2, 0.25) is 5.91 Å². The fraction of sp³-hybridized carbons (Fsp3) is 0.227. The van der Waals surface area contributed by atoms with Gasteiger partial charge in [0, 0.05) is 29.1 Å². The summed E-state index contributed by atoms with van der Waals surface area (Å²) < 4.78 is 26.0. The number of hydrogen-bond acceptors (Lipinski definition) is 5. The number of ether oxygens (including phenoxy) is 2. The van der Waals surface area contributed by atoms with Crippen LogP contribution < -0.4 is 20.3 Å². The first-order chi connectivity index (χ1) is 14.5. The van der Waals surface area contributed by atoms with E-state index in [0.717, 1.165) is 0 Å². The lowest BCUT2D eigenvalue weighted by atomic mass is 10.2. The van der Waals surface area contributed by atoms with Crippen molar-refractivity contribution in [1.29, 1.82) is 0 Å². The van der Waals surface area contributed by atoms with Crippen LogP contribution in [0.15, 0.2) is 53.3 Å². The fourth-order valence-electron chi connectivity index (χ4n) is 3.20. The topological polar surface area (TPSA) is 82.5 Å². The number of carbonyl (C=O) groups is 1. The number of nitrogens with one attached hydrogen (secondary N) is 1. The van der Waals surface area contributed by atoms with E-state index >= 15 is 0 Å². The summed E-state index contributed by atoms with van der Waals surface area (Å²) in [5.41, 5.74) is 1.14. The number of hydrogen-bond donors (Lipinski definition) is 1. The maximum Gasteiger partial charge on any atom is 0.254 e. The molecule has 1 aromatic heterocycles. The van der Waals surface area contributed by atoms with E-state index in [-0.39, 0.29) is 17.9 Å². The van der Waals surface area contributed by atoms with E-state index in [0.29, 0.717) is 48.1 Å². The zero-order valence-corrected chi connectivity index (χ0v) is 16.4. The number of fused-ring (bicyclic) bond motifs is 1. The second-order valence-corrected chi connectivity index (χ2v) is 6.77. The highest BCUT2D eigenvalue weighted by Crippen LogP contribution is 2.32. The Morgan fingerprint density at radius 2 is 1.93 bits per heavy atom. The first-order valence-corrected chi connectivity index (χ1v) is 9.59. The lowest BCUT2D eigenvalue weighted by Crippen LogP contribution is -2.30. The summed E-state index contributed by atoms with van der Waals surface area (Å²) in [6.07, 6.45) is 0.543. The van der Waals surface area contributed by atoms with Crippen LogP contribution in [-0.2, 0) is 17.8 Å². The third-order valence-electron chi connectivity index (χ3n) is 4.63. The van der Waals surface area contributed by atoms with Gasteiger partial charge in [0.25, 0.3) is 5.56 Å². The van der Waals surface area contributed by atoms with Gasteiger partial charge in [-0.3, -0.25) is 14.2 Å². The molecule has 1 aliphatic heterocycles. The van der Waals surface area contributed by atoms with E-state index in [1.54, 1.807) is 24.3 Å². The largest absolute Gasteiger partial charge is 0.486 e. The molecule has 2 aromatic carbocycles. The normalized spacial score (nSPS) is 12.5. The van der Waals surface area contributed by atoms with E-state index < -0.39 is 11.7 Å². The van der Waals surface area contributed by atoms with Gasteiger partial charge < -0.3 is 14.8 Å². The first kappa shape index (κ1) is 19.6. The van der Waals surface area contributed by atoms with Crippen molar-refractivity contribution in [2.75, 3.05) is 18.5 Å². The van der Waals surface area contributed by atoms with Crippen molar-refractivity contribution in [3.63, 3.8) is 0 Å². The van der Waals surface area contributed by atoms with Crippen LogP contribution in [0.1, 0.15) is 12.6 Å². The summed E-state index contributed by atoms with van der Waals surface area (Å²) in [6, 6.07) is 12.3. The summed E-state index contributed by atoms with van der Waals surface area (Å²) >= 11 is 0. The molecule has 30 heavy (non-hydrogen) atoms. The molecule has 3 aromatic rings. The van der Waals surface area contributed by atoms with Gasteiger partial charge in [0.1, 0.15) is 31.4 Å². The number of benzene rings is 2. The van der Waals surface area contributed by atoms with Gasteiger partial charge in [-0.1, -0.05) is 19.1 Å². The minimum atomic E-state index is -0.448. The van der Waals surface area contributed by atoms with Crippen molar-refractivity contribution < 1.29 is 18.7 Å². The maximum absolute atomic E-state index is 13.7. The van der Waals surface area contributed by atoms with Gasteiger partial charge in [0.05, 0.1) is 0 Å². The first-order valence-electron chi connectivity index (χ1n) is 9.59. The number of rotatable bonds is 5. The molecule has 4 rings (SSSR count). The van der Waals surface area contributed by atoms with Gasteiger partial charge in [-0.05, 0) is 30.7 Å². The highest BCUT2D eigenvalue weighted by Gasteiger charge is 2.16. The van der Waals surface area contributed by atoms with Gasteiger partial charge >= 0.3 is 0 Å². The molecule has 0 bridgehead atoms. The lowest BCUT2D eigenvalue weighted by Gasteiger charge is -2.19. The zero-order chi connectivity index (χ0) is 21.1.